The number of carbonyl (C=O) groups is 1. The van der Waals surface area contributed by atoms with Crippen molar-refractivity contribution in [1.82, 2.24) is 19.7 Å². The van der Waals surface area contributed by atoms with Crippen LogP contribution < -0.4 is 5.32 Å². The van der Waals surface area contributed by atoms with E-state index in [0.29, 0.717) is 17.8 Å². The van der Waals surface area contributed by atoms with Gasteiger partial charge in [0, 0.05) is 19.4 Å². The highest BCUT2D eigenvalue weighted by molar-refractivity contribution is 5.97. The van der Waals surface area contributed by atoms with Crippen molar-refractivity contribution >= 4 is 5.91 Å². The van der Waals surface area contributed by atoms with E-state index in [1.807, 2.05) is 24.5 Å². The van der Waals surface area contributed by atoms with Crippen LogP contribution in [0.1, 0.15) is 23.7 Å². The normalized spacial score (nSPS) is 11.6. The van der Waals surface area contributed by atoms with Gasteiger partial charge in [-0.05, 0) is 18.6 Å². The number of carbonyl (C=O) groups excluding carboxylic acids is 1. The first-order valence-electron chi connectivity index (χ1n) is 6.76. The highest BCUT2D eigenvalue weighted by Gasteiger charge is 2.30. The van der Waals surface area contributed by atoms with E-state index in [1.165, 1.54) is 6.20 Å². The molecule has 0 unspecified atom stereocenters. The summed E-state index contributed by atoms with van der Waals surface area (Å²) < 4.78 is 3.38. The fourth-order valence-electron chi connectivity index (χ4n) is 2.12. The highest BCUT2D eigenvalue weighted by atomic mass is 16.3. The van der Waals surface area contributed by atoms with Gasteiger partial charge in [0.05, 0.1) is 24.9 Å². The zero-order chi connectivity index (χ0) is 15.5. The van der Waals surface area contributed by atoms with Gasteiger partial charge in [-0.25, -0.2) is 0 Å². The number of rotatable bonds is 6. The Labute approximate surface area is 122 Å². The monoisotopic (exact) mass is 292 g/mol. The smallest absolute Gasteiger partial charge is 0.257 e. The number of aromatic nitrogens is 3. The van der Waals surface area contributed by atoms with Crippen molar-refractivity contribution in [3.05, 3.63) is 36.3 Å². The summed E-state index contributed by atoms with van der Waals surface area (Å²) >= 11 is 0. The van der Waals surface area contributed by atoms with Gasteiger partial charge in [0.25, 0.3) is 5.91 Å². The number of aliphatic hydroxyl groups excluding tert-OH is 2. The molecule has 0 fully saturated rings. The molecule has 0 spiro atoms. The highest BCUT2D eigenvalue weighted by Crippen LogP contribution is 2.16. The fourth-order valence-corrected chi connectivity index (χ4v) is 2.12. The third-order valence-electron chi connectivity index (χ3n) is 3.66. The Hall–Kier alpha value is -2.12. The third-order valence-corrected chi connectivity index (χ3v) is 3.66. The van der Waals surface area contributed by atoms with E-state index in [1.54, 1.807) is 23.2 Å². The standard InChI is InChI=1S/C14H20N4O3/c1-3-14(9-19,10-20)16-12(21)11-8-15-17(2)13(11)18-6-4-5-7-18/h4-8,19-20H,3,9-10H2,1-2H3,(H,16,21). The molecule has 1 amide bonds. The van der Waals surface area contributed by atoms with Gasteiger partial charge in [-0.15, -0.1) is 0 Å². The molecule has 0 aliphatic rings. The second kappa shape index (κ2) is 6.11. The first-order valence-corrected chi connectivity index (χ1v) is 6.76. The van der Waals surface area contributed by atoms with Gasteiger partial charge in [-0.2, -0.15) is 5.10 Å². The van der Waals surface area contributed by atoms with Crippen molar-refractivity contribution in [2.75, 3.05) is 13.2 Å². The van der Waals surface area contributed by atoms with E-state index in [9.17, 15) is 15.0 Å². The molecule has 0 bridgehead atoms. The molecule has 7 heteroatoms. The third kappa shape index (κ3) is 2.84. The summed E-state index contributed by atoms with van der Waals surface area (Å²) in [6, 6.07) is 3.71. The number of nitrogens with one attached hydrogen (secondary N) is 1. The van der Waals surface area contributed by atoms with Crippen LogP contribution in [0.4, 0.5) is 0 Å². The van der Waals surface area contributed by atoms with Gasteiger partial charge in [0.15, 0.2) is 0 Å². The van der Waals surface area contributed by atoms with Gasteiger partial charge in [0.2, 0.25) is 0 Å². The maximum Gasteiger partial charge on any atom is 0.257 e. The topological polar surface area (TPSA) is 92.3 Å². The summed E-state index contributed by atoms with van der Waals surface area (Å²) in [7, 11) is 1.75. The molecule has 0 radical (unpaired) electrons. The predicted octanol–water partition coefficient (Wildman–Crippen LogP) is 0.0740. The summed E-state index contributed by atoms with van der Waals surface area (Å²) in [6.45, 7) is 1.14. The van der Waals surface area contributed by atoms with Crippen molar-refractivity contribution in [2.24, 2.45) is 7.05 Å². The molecule has 3 N–H and O–H groups in total. The van der Waals surface area contributed by atoms with Crippen LogP contribution in [0, 0.1) is 0 Å². The van der Waals surface area contributed by atoms with Crippen LogP contribution in [0.15, 0.2) is 30.7 Å². The van der Waals surface area contributed by atoms with Crippen molar-refractivity contribution in [3.8, 4) is 5.82 Å². The summed E-state index contributed by atoms with van der Waals surface area (Å²) in [4.78, 5) is 12.5. The lowest BCUT2D eigenvalue weighted by atomic mass is 9.98. The predicted molar refractivity (Wildman–Crippen MR) is 77.2 cm³/mol. The van der Waals surface area contributed by atoms with E-state index in [2.05, 4.69) is 10.4 Å². The second-order valence-corrected chi connectivity index (χ2v) is 5.00. The van der Waals surface area contributed by atoms with Crippen molar-refractivity contribution < 1.29 is 15.0 Å². The largest absolute Gasteiger partial charge is 0.394 e. The molecular formula is C14H20N4O3. The maximum absolute atomic E-state index is 12.5. The molecule has 114 valence electrons. The minimum atomic E-state index is -1.03. The SMILES string of the molecule is CCC(CO)(CO)NC(=O)c1cnn(C)c1-n1cccc1. The molecule has 21 heavy (non-hydrogen) atoms. The van der Waals surface area contributed by atoms with Crippen LogP contribution in [0.3, 0.4) is 0 Å². The van der Waals surface area contributed by atoms with Crippen LogP contribution in [0.5, 0.6) is 0 Å². The molecule has 0 saturated carbocycles. The fraction of sp³-hybridized carbons (Fsp3) is 0.429. The average Bonchev–Trinajstić information content (AvgIpc) is 3.13. The molecule has 2 heterocycles. The van der Waals surface area contributed by atoms with E-state index in [-0.39, 0.29) is 19.1 Å². The molecule has 2 rings (SSSR count). The average molecular weight is 292 g/mol. The number of aryl methyl sites for hydroxylation is 1. The van der Waals surface area contributed by atoms with Gasteiger partial charge >= 0.3 is 0 Å². The van der Waals surface area contributed by atoms with Crippen LogP contribution in [0.25, 0.3) is 5.82 Å². The summed E-state index contributed by atoms with van der Waals surface area (Å²) in [6.07, 6.45) is 5.53. The quantitative estimate of drug-likeness (QED) is 0.703. The van der Waals surface area contributed by atoms with Crippen LogP contribution in [-0.2, 0) is 7.05 Å². The summed E-state index contributed by atoms with van der Waals surface area (Å²) in [5.41, 5.74) is -0.644. The van der Waals surface area contributed by atoms with E-state index < -0.39 is 5.54 Å². The molecule has 0 aliphatic heterocycles. The second-order valence-electron chi connectivity index (χ2n) is 5.00. The van der Waals surface area contributed by atoms with Gasteiger partial charge in [-0.3, -0.25) is 9.48 Å². The van der Waals surface area contributed by atoms with E-state index in [4.69, 9.17) is 0 Å². The summed E-state index contributed by atoms with van der Waals surface area (Å²) in [5.74, 6) is 0.245. The molecular weight excluding hydrogens is 272 g/mol. The Morgan fingerprint density at radius 3 is 2.48 bits per heavy atom. The Balaban J connectivity index is 2.33. The maximum atomic E-state index is 12.5. The lowest BCUT2D eigenvalue weighted by Crippen LogP contribution is -2.53. The lowest BCUT2D eigenvalue weighted by molar-refractivity contribution is 0.0653. The van der Waals surface area contributed by atoms with Gasteiger partial charge in [-0.1, -0.05) is 6.92 Å². The molecule has 0 aliphatic carbocycles. The first-order chi connectivity index (χ1) is 10.1. The zero-order valence-electron chi connectivity index (χ0n) is 12.2. The van der Waals surface area contributed by atoms with E-state index in [0.717, 1.165) is 0 Å². The number of aliphatic hydroxyl groups is 2. The Kier molecular flexibility index (Phi) is 4.44. The minimum absolute atomic E-state index is 0.329. The molecule has 2 aromatic rings. The first kappa shape index (κ1) is 15.3. The number of nitrogens with zero attached hydrogens (tertiary/aromatic N) is 3. The Morgan fingerprint density at radius 2 is 1.95 bits per heavy atom. The van der Waals surface area contributed by atoms with E-state index >= 15 is 0 Å². The number of hydrogen-bond donors (Lipinski definition) is 3. The Bertz CT molecular complexity index is 592. The van der Waals surface area contributed by atoms with Crippen molar-refractivity contribution in [3.63, 3.8) is 0 Å². The molecule has 7 nitrogen and oxygen atoms in total. The lowest BCUT2D eigenvalue weighted by Gasteiger charge is -2.29. The molecule has 0 aromatic carbocycles. The minimum Gasteiger partial charge on any atom is -0.394 e. The Morgan fingerprint density at radius 1 is 1.33 bits per heavy atom. The number of amides is 1. The van der Waals surface area contributed by atoms with Gasteiger partial charge in [0.1, 0.15) is 11.4 Å². The van der Waals surface area contributed by atoms with Crippen LogP contribution in [-0.4, -0.2) is 49.2 Å². The molecule has 0 atom stereocenters. The summed E-state index contributed by atoms with van der Waals surface area (Å²) in [5, 5.41) is 25.7. The van der Waals surface area contributed by atoms with Gasteiger partial charge < -0.3 is 20.1 Å². The van der Waals surface area contributed by atoms with Crippen LogP contribution >= 0.6 is 0 Å². The van der Waals surface area contributed by atoms with Crippen LogP contribution in [0.2, 0.25) is 0 Å². The zero-order valence-corrected chi connectivity index (χ0v) is 12.2. The molecule has 0 saturated heterocycles. The molecule has 2 aromatic heterocycles. The number of hydrogen-bond acceptors (Lipinski definition) is 4. The van der Waals surface area contributed by atoms with Crippen molar-refractivity contribution in [2.45, 2.75) is 18.9 Å². The van der Waals surface area contributed by atoms with Crippen molar-refractivity contribution in [1.29, 1.82) is 0 Å².